The van der Waals surface area contributed by atoms with Crippen molar-refractivity contribution in [2.45, 2.75) is 12.3 Å². The molecular formula is C12H15F2NO3. The summed E-state index contributed by atoms with van der Waals surface area (Å²) in [6.07, 6.45) is -0.0501. The number of carbonyl (C=O) groups excluding carboxylic acids is 1. The number of rotatable bonds is 6. The number of carbonyl (C=O) groups is 1. The highest BCUT2D eigenvalue weighted by atomic mass is 19.3. The summed E-state index contributed by atoms with van der Waals surface area (Å²) < 4.78 is 30.5. The van der Waals surface area contributed by atoms with Crippen molar-refractivity contribution in [3.63, 3.8) is 0 Å². The van der Waals surface area contributed by atoms with Crippen molar-refractivity contribution in [3.8, 4) is 5.75 Å². The second-order valence-corrected chi connectivity index (χ2v) is 3.78. The fourth-order valence-corrected chi connectivity index (χ4v) is 1.37. The van der Waals surface area contributed by atoms with E-state index in [2.05, 4.69) is 5.32 Å². The van der Waals surface area contributed by atoms with Crippen LogP contribution in [0.1, 0.15) is 5.56 Å². The van der Waals surface area contributed by atoms with E-state index in [0.29, 0.717) is 11.3 Å². The number of hydrogen-bond donors (Lipinski definition) is 2. The van der Waals surface area contributed by atoms with Gasteiger partial charge in [0, 0.05) is 5.56 Å². The van der Waals surface area contributed by atoms with Crippen LogP contribution < -0.4 is 10.1 Å². The van der Waals surface area contributed by atoms with Crippen LogP contribution in [0.2, 0.25) is 0 Å². The van der Waals surface area contributed by atoms with Crippen molar-refractivity contribution in [2.24, 2.45) is 0 Å². The van der Waals surface area contributed by atoms with Crippen LogP contribution in [0.4, 0.5) is 8.78 Å². The van der Waals surface area contributed by atoms with Crippen LogP contribution in [-0.2, 0) is 11.2 Å². The second kappa shape index (κ2) is 6.30. The molecule has 0 aliphatic carbocycles. The summed E-state index contributed by atoms with van der Waals surface area (Å²) in [6, 6.07) is 6.85. The van der Waals surface area contributed by atoms with Gasteiger partial charge in [-0.1, -0.05) is 18.2 Å². The largest absolute Gasteiger partial charge is 0.496 e. The van der Waals surface area contributed by atoms with E-state index in [1.807, 2.05) is 0 Å². The van der Waals surface area contributed by atoms with Crippen molar-refractivity contribution in [3.05, 3.63) is 29.8 Å². The molecule has 0 fully saturated rings. The lowest BCUT2D eigenvalue weighted by atomic mass is 10.1. The van der Waals surface area contributed by atoms with E-state index >= 15 is 0 Å². The third kappa shape index (κ3) is 4.29. The van der Waals surface area contributed by atoms with Crippen LogP contribution in [-0.4, -0.2) is 37.2 Å². The lowest BCUT2D eigenvalue weighted by molar-refractivity contribution is -0.123. The first-order valence-electron chi connectivity index (χ1n) is 5.36. The molecule has 0 saturated heterocycles. The molecule has 1 aromatic rings. The van der Waals surface area contributed by atoms with Gasteiger partial charge in [0.15, 0.2) is 0 Å². The first-order chi connectivity index (χ1) is 8.48. The molecule has 0 aromatic heterocycles. The predicted molar refractivity (Wildman–Crippen MR) is 61.7 cm³/mol. The molecule has 0 spiro atoms. The Morgan fingerprint density at radius 2 is 2.11 bits per heavy atom. The third-order valence-electron chi connectivity index (χ3n) is 2.32. The molecule has 0 aliphatic heterocycles. The van der Waals surface area contributed by atoms with Crippen molar-refractivity contribution in [1.82, 2.24) is 5.32 Å². The average Bonchev–Trinajstić information content (AvgIpc) is 2.37. The van der Waals surface area contributed by atoms with Crippen LogP contribution >= 0.6 is 0 Å². The van der Waals surface area contributed by atoms with Crippen molar-refractivity contribution in [1.29, 1.82) is 0 Å². The van der Waals surface area contributed by atoms with Gasteiger partial charge in [0.2, 0.25) is 5.91 Å². The lowest BCUT2D eigenvalue weighted by Crippen LogP contribution is -2.39. The maximum atomic E-state index is 12.7. The smallest absolute Gasteiger partial charge is 0.287 e. The zero-order valence-corrected chi connectivity index (χ0v) is 9.95. The number of benzene rings is 1. The van der Waals surface area contributed by atoms with Gasteiger partial charge < -0.3 is 15.2 Å². The number of para-hydroxylation sites is 1. The van der Waals surface area contributed by atoms with E-state index in [9.17, 15) is 13.6 Å². The Bertz CT molecular complexity index is 410. The lowest BCUT2D eigenvalue weighted by Gasteiger charge is -2.14. The number of aliphatic hydroxyl groups excluding tert-OH is 1. The Hall–Kier alpha value is -1.69. The van der Waals surface area contributed by atoms with Crippen LogP contribution in [0.15, 0.2) is 24.3 Å². The van der Waals surface area contributed by atoms with E-state index in [1.54, 1.807) is 24.3 Å². The molecule has 2 N–H and O–H groups in total. The van der Waals surface area contributed by atoms with E-state index in [4.69, 9.17) is 9.84 Å². The number of alkyl halides is 2. The Labute approximate surface area is 104 Å². The van der Waals surface area contributed by atoms with Gasteiger partial charge >= 0.3 is 0 Å². The molecule has 1 aromatic carbocycles. The summed E-state index contributed by atoms with van der Waals surface area (Å²) in [5, 5.41) is 10.4. The maximum Gasteiger partial charge on any atom is 0.287 e. The molecule has 100 valence electrons. The van der Waals surface area contributed by atoms with Gasteiger partial charge in [-0.25, -0.2) is 8.78 Å². The second-order valence-electron chi connectivity index (χ2n) is 3.78. The first kappa shape index (κ1) is 14.4. The normalized spacial score (nSPS) is 11.1. The minimum Gasteiger partial charge on any atom is -0.496 e. The van der Waals surface area contributed by atoms with E-state index < -0.39 is 25.0 Å². The van der Waals surface area contributed by atoms with Gasteiger partial charge in [-0.05, 0) is 6.07 Å². The SMILES string of the molecule is COc1ccccc1CC(=O)NCC(F)(F)CO. The monoisotopic (exact) mass is 259 g/mol. The minimum atomic E-state index is -3.30. The van der Waals surface area contributed by atoms with Crippen LogP contribution in [0.3, 0.4) is 0 Å². The summed E-state index contributed by atoms with van der Waals surface area (Å²) in [6.45, 7) is -2.17. The van der Waals surface area contributed by atoms with Crippen molar-refractivity contribution < 1.29 is 23.4 Å². The summed E-state index contributed by atoms with van der Waals surface area (Å²) in [5.74, 6) is -3.31. The molecule has 18 heavy (non-hydrogen) atoms. The fourth-order valence-electron chi connectivity index (χ4n) is 1.37. The Balaban J connectivity index is 2.55. The number of methoxy groups -OCH3 is 1. The predicted octanol–water partition coefficient (Wildman–Crippen LogP) is 0.981. The quantitative estimate of drug-likeness (QED) is 0.800. The molecular weight excluding hydrogens is 244 g/mol. The summed E-state index contributed by atoms with van der Waals surface area (Å²) in [7, 11) is 1.47. The number of nitrogens with one attached hydrogen (secondary N) is 1. The van der Waals surface area contributed by atoms with E-state index in [-0.39, 0.29) is 6.42 Å². The zero-order valence-electron chi connectivity index (χ0n) is 9.95. The van der Waals surface area contributed by atoms with Gasteiger partial charge in [-0.15, -0.1) is 0 Å². The van der Waals surface area contributed by atoms with Crippen LogP contribution in [0, 0.1) is 0 Å². The number of aliphatic hydroxyl groups is 1. The van der Waals surface area contributed by atoms with Crippen LogP contribution in [0.5, 0.6) is 5.75 Å². The highest BCUT2D eigenvalue weighted by molar-refractivity contribution is 5.79. The third-order valence-corrected chi connectivity index (χ3v) is 2.32. The van der Waals surface area contributed by atoms with Gasteiger partial charge in [0.25, 0.3) is 5.92 Å². The van der Waals surface area contributed by atoms with Gasteiger partial charge in [-0.3, -0.25) is 4.79 Å². The Morgan fingerprint density at radius 1 is 1.44 bits per heavy atom. The molecule has 4 nitrogen and oxygen atoms in total. The van der Waals surface area contributed by atoms with Crippen LogP contribution in [0.25, 0.3) is 0 Å². The van der Waals surface area contributed by atoms with E-state index in [1.165, 1.54) is 7.11 Å². The van der Waals surface area contributed by atoms with Gasteiger partial charge in [0.1, 0.15) is 12.4 Å². The Morgan fingerprint density at radius 3 is 2.72 bits per heavy atom. The van der Waals surface area contributed by atoms with Gasteiger partial charge in [-0.2, -0.15) is 0 Å². The number of amides is 1. The number of hydrogen-bond acceptors (Lipinski definition) is 3. The number of halogens is 2. The topological polar surface area (TPSA) is 58.6 Å². The summed E-state index contributed by atoms with van der Waals surface area (Å²) in [5.41, 5.74) is 0.616. The average molecular weight is 259 g/mol. The number of ether oxygens (including phenoxy) is 1. The summed E-state index contributed by atoms with van der Waals surface area (Å²) in [4.78, 5) is 11.5. The van der Waals surface area contributed by atoms with Gasteiger partial charge in [0.05, 0.1) is 20.1 Å². The molecule has 0 heterocycles. The molecule has 0 bridgehead atoms. The molecule has 0 aliphatic rings. The standard InChI is InChI=1S/C12H15F2NO3/c1-18-10-5-3-2-4-9(10)6-11(17)15-7-12(13,14)8-16/h2-5,16H,6-8H2,1H3,(H,15,17). The summed E-state index contributed by atoms with van der Waals surface area (Å²) >= 11 is 0. The van der Waals surface area contributed by atoms with Crippen molar-refractivity contribution >= 4 is 5.91 Å². The van der Waals surface area contributed by atoms with Crippen molar-refractivity contribution in [2.75, 3.05) is 20.3 Å². The molecule has 1 amide bonds. The fraction of sp³-hybridized carbons (Fsp3) is 0.417. The Kier molecular flexibility index (Phi) is 5.03. The maximum absolute atomic E-state index is 12.7. The zero-order chi connectivity index (χ0) is 13.6. The molecule has 0 unspecified atom stereocenters. The molecule has 0 atom stereocenters. The molecule has 6 heteroatoms. The molecule has 1 rings (SSSR count). The highest BCUT2D eigenvalue weighted by Crippen LogP contribution is 2.17. The van der Waals surface area contributed by atoms with E-state index in [0.717, 1.165) is 0 Å². The first-order valence-corrected chi connectivity index (χ1v) is 5.36. The highest BCUT2D eigenvalue weighted by Gasteiger charge is 2.28. The molecule has 0 saturated carbocycles. The minimum absolute atomic E-state index is 0.0501. The molecule has 0 radical (unpaired) electrons.